The van der Waals surface area contributed by atoms with E-state index in [2.05, 4.69) is 33.7 Å². The number of likely N-dealkylation sites (N-methyl/N-ethyl adjacent to an activating group) is 2. The minimum Gasteiger partial charge on any atom is -0.384 e. The van der Waals surface area contributed by atoms with Crippen molar-refractivity contribution >= 4 is 11.6 Å². The van der Waals surface area contributed by atoms with E-state index in [1.807, 2.05) is 6.07 Å². The van der Waals surface area contributed by atoms with Crippen molar-refractivity contribution in [3.05, 3.63) is 11.9 Å². The molecule has 6 heteroatoms. The molecule has 2 rings (SSSR count). The van der Waals surface area contributed by atoms with Crippen molar-refractivity contribution < 1.29 is 4.74 Å². The number of nitrogens with two attached hydrogens (primary N) is 1. The lowest BCUT2D eigenvalue weighted by Crippen LogP contribution is -2.39. The van der Waals surface area contributed by atoms with E-state index < -0.39 is 0 Å². The molecule has 0 bridgehead atoms. The summed E-state index contributed by atoms with van der Waals surface area (Å²) in [6, 6.07) is 2.43. The molecular weight excluding hydrogens is 254 g/mol. The average Bonchev–Trinajstić information content (AvgIpc) is 2.85. The van der Waals surface area contributed by atoms with Crippen molar-refractivity contribution in [1.29, 1.82) is 0 Å². The van der Waals surface area contributed by atoms with Gasteiger partial charge in [0.05, 0.1) is 0 Å². The SMILES string of the molecule is CCN1CCCC1CN(C)c1cc(N)nc(COC)n1. The molecule has 0 aliphatic carbocycles. The van der Waals surface area contributed by atoms with Gasteiger partial charge in [-0.1, -0.05) is 6.92 Å². The molecule has 1 aromatic rings. The molecular formula is C14H25N5O. The molecule has 1 aliphatic rings. The molecule has 0 saturated carbocycles. The van der Waals surface area contributed by atoms with E-state index in [1.54, 1.807) is 7.11 Å². The third-order valence-electron chi connectivity index (χ3n) is 3.83. The Kier molecular flexibility index (Phi) is 5.14. The molecule has 6 nitrogen and oxygen atoms in total. The first kappa shape index (κ1) is 15.0. The number of nitrogen functional groups attached to an aromatic ring is 1. The Morgan fingerprint density at radius 2 is 2.30 bits per heavy atom. The van der Waals surface area contributed by atoms with Crippen LogP contribution in [0.3, 0.4) is 0 Å². The van der Waals surface area contributed by atoms with Gasteiger partial charge in [0.25, 0.3) is 0 Å². The largest absolute Gasteiger partial charge is 0.384 e. The second-order valence-electron chi connectivity index (χ2n) is 5.31. The lowest BCUT2D eigenvalue weighted by Gasteiger charge is -2.28. The van der Waals surface area contributed by atoms with Gasteiger partial charge in [-0.25, -0.2) is 9.97 Å². The molecule has 0 spiro atoms. The van der Waals surface area contributed by atoms with Crippen molar-refractivity contribution in [1.82, 2.24) is 14.9 Å². The van der Waals surface area contributed by atoms with E-state index in [4.69, 9.17) is 10.5 Å². The molecule has 2 heterocycles. The van der Waals surface area contributed by atoms with E-state index in [0.717, 1.165) is 18.9 Å². The Bertz CT molecular complexity index is 440. The second kappa shape index (κ2) is 6.85. The van der Waals surface area contributed by atoms with E-state index in [-0.39, 0.29) is 0 Å². The number of hydrogen-bond donors (Lipinski definition) is 1. The number of methoxy groups -OCH3 is 1. The maximum Gasteiger partial charge on any atom is 0.158 e. The summed E-state index contributed by atoms with van der Waals surface area (Å²) in [5.41, 5.74) is 5.85. The summed E-state index contributed by atoms with van der Waals surface area (Å²) in [6.07, 6.45) is 2.54. The highest BCUT2D eigenvalue weighted by atomic mass is 16.5. The van der Waals surface area contributed by atoms with Gasteiger partial charge in [-0.05, 0) is 25.9 Å². The molecule has 1 fully saturated rings. The normalized spacial score (nSPS) is 19.4. The van der Waals surface area contributed by atoms with Crippen LogP contribution < -0.4 is 10.6 Å². The zero-order valence-corrected chi connectivity index (χ0v) is 12.7. The predicted molar refractivity (Wildman–Crippen MR) is 80.7 cm³/mol. The molecule has 0 amide bonds. The fourth-order valence-electron chi connectivity index (χ4n) is 2.82. The van der Waals surface area contributed by atoms with Crippen LogP contribution in [0, 0.1) is 0 Å². The smallest absolute Gasteiger partial charge is 0.158 e. The Labute approximate surface area is 120 Å². The molecule has 20 heavy (non-hydrogen) atoms. The lowest BCUT2D eigenvalue weighted by atomic mass is 10.2. The van der Waals surface area contributed by atoms with Crippen molar-refractivity contribution in [3.8, 4) is 0 Å². The van der Waals surface area contributed by atoms with Crippen LogP contribution in [0.4, 0.5) is 11.6 Å². The van der Waals surface area contributed by atoms with Gasteiger partial charge < -0.3 is 15.4 Å². The van der Waals surface area contributed by atoms with Gasteiger partial charge in [0.1, 0.15) is 18.2 Å². The maximum absolute atomic E-state index is 5.85. The van der Waals surface area contributed by atoms with Gasteiger partial charge in [0, 0.05) is 32.8 Å². The van der Waals surface area contributed by atoms with E-state index >= 15 is 0 Å². The fraction of sp³-hybridized carbons (Fsp3) is 0.714. The Balaban J connectivity index is 2.06. The Morgan fingerprint density at radius 3 is 3.00 bits per heavy atom. The van der Waals surface area contributed by atoms with Crippen molar-refractivity contribution in [2.45, 2.75) is 32.4 Å². The van der Waals surface area contributed by atoms with Crippen molar-refractivity contribution in [3.63, 3.8) is 0 Å². The third kappa shape index (κ3) is 3.58. The van der Waals surface area contributed by atoms with Crippen LogP contribution in [0.15, 0.2) is 6.07 Å². The van der Waals surface area contributed by atoms with Crippen LogP contribution >= 0.6 is 0 Å². The van der Waals surface area contributed by atoms with Gasteiger partial charge in [-0.3, -0.25) is 4.90 Å². The van der Waals surface area contributed by atoms with Crippen molar-refractivity contribution in [2.75, 3.05) is 44.4 Å². The van der Waals surface area contributed by atoms with E-state index in [1.165, 1.54) is 19.4 Å². The van der Waals surface area contributed by atoms with Crippen LogP contribution in [0.5, 0.6) is 0 Å². The summed E-state index contributed by atoms with van der Waals surface area (Å²) in [7, 11) is 3.69. The van der Waals surface area contributed by atoms with Gasteiger partial charge in [-0.2, -0.15) is 0 Å². The number of likely N-dealkylation sites (tertiary alicyclic amines) is 1. The van der Waals surface area contributed by atoms with Crippen LogP contribution in [0.2, 0.25) is 0 Å². The summed E-state index contributed by atoms with van der Waals surface area (Å²) in [5.74, 6) is 1.99. The van der Waals surface area contributed by atoms with Crippen LogP contribution in [0.1, 0.15) is 25.6 Å². The first-order valence-corrected chi connectivity index (χ1v) is 7.21. The standard InChI is InChI=1S/C14H25N5O/c1-4-19-7-5-6-11(19)9-18(2)14-8-12(15)16-13(17-14)10-20-3/h8,11H,4-7,9-10H2,1-3H3,(H2,15,16,17). The van der Waals surface area contributed by atoms with E-state index in [9.17, 15) is 0 Å². The molecule has 112 valence electrons. The number of aromatic nitrogens is 2. The molecule has 2 N–H and O–H groups in total. The highest BCUT2D eigenvalue weighted by Crippen LogP contribution is 2.20. The number of ether oxygens (including phenoxy) is 1. The highest BCUT2D eigenvalue weighted by molar-refractivity contribution is 5.46. The minimum absolute atomic E-state index is 0.385. The van der Waals surface area contributed by atoms with Gasteiger partial charge >= 0.3 is 0 Å². The molecule has 1 unspecified atom stereocenters. The van der Waals surface area contributed by atoms with Crippen LogP contribution in [-0.4, -0.2) is 54.7 Å². The quantitative estimate of drug-likeness (QED) is 0.842. The topological polar surface area (TPSA) is 67.5 Å². The fourth-order valence-corrected chi connectivity index (χ4v) is 2.82. The Hall–Kier alpha value is -1.40. The summed E-state index contributed by atoms with van der Waals surface area (Å²) in [4.78, 5) is 13.4. The summed E-state index contributed by atoms with van der Waals surface area (Å²) in [6.45, 7) is 5.89. The summed E-state index contributed by atoms with van der Waals surface area (Å²) in [5, 5.41) is 0. The van der Waals surface area contributed by atoms with Gasteiger partial charge in [0.15, 0.2) is 5.82 Å². The Morgan fingerprint density at radius 1 is 1.50 bits per heavy atom. The maximum atomic E-state index is 5.85. The van der Waals surface area contributed by atoms with Crippen molar-refractivity contribution in [2.24, 2.45) is 0 Å². The zero-order valence-electron chi connectivity index (χ0n) is 12.7. The van der Waals surface area contributed by atoms with Crippen LogP contribution in [0.25, 0.3) is 0 Å². The minimum atomic E-state index is 0.385. The molecule has 0 aromatic carbocycles. The first-order valence-electron chi connectivity index (χ1n) is 7.21. The second-order valence-corrected chi connectivity index (χ2v) is 5.31. The monoisotopic (exact) mass is 279 g/mol. The number of hydrogen-bond acceptors (Lipinski definition) is 6. The molecule has 0 radical (unpaired) electrons. The summed E-state index contributed by atoms with van der Waals surface area (Å²) >= 11 is 0. The van der Waals surface area contributed by atoms with Gasteiger partial charge in [0.2, 0.25) is 0 Å². The summed E-state index contributed by atoms with van der Waals surface area (Å²) < 4.78 is 5.08. The number of rotatable bonds is 6. The third-order valence-corrected chi connectivity index (χ3v) is 3.83. The average molecular weight is 279 g/mol. The molecule has 1 atom stereocenters. The van der Waals surface area contributed by atoms with E-state index in [0.29, 0.717) is 24.3 Å². The van der Waals surface area contributed by atoms with Gasteiger partial charge in [-0.15, -0.1) is 0 Å². The molecule has 1 aliphatic heterocycles. The van der Waals surface area contributed by atoms with Crippen LogP contribution in [-0.2, 0) is 11.3 Å². The first-order chi connectivity index (χ1) is 9.63. The number of anilines is 2. The zero-order chi connectivity index (χ0) is 14.5. The highest BCUT2D eigenvalue weighted by Gasteiger charge is 2.24. The molecule has 1 saturated heterocycles. The molecule has 1 aromatic heterocycles. The predicted octanol–water partition coefficient (Wildman–Crippen LogP) is 1.13. The lowest BCUT2D eigenvalue weighted by molar-refractivity contribution is 0.178. The number of nitrogens with zero attached hydrogens (tertiary/aromatic N) is 4.